The molecule has 13 nitrogen and oxygen atoms in total. The van der Waals surface area contributed by atoms with E-state index in [-0.39, 0.29) is 41.8 Å². The van der Waals surface area contributed by atoms with Gasteiger partial charge in [0.25, 0.3) is 0 Å². The SMILES string of the molecule is COC(=O)N1CCC2(CC1)CN(c1nc(-c3cc(OC[C@@H](CNCC(=O)OC(C)(C)C)O[Si](C)(C)C(C)(C)C)ccc3Cl)nc(-c3c(C)noc3C)c1C)C2. The summed E-state index contributed by atoms with van der Waals surface area (Å²) in [5.41, 5.74) is 3.39. The maximum Gasteiger partial charge on any atom is 0.409 e. The first-order chi connectivity index (χ1) is 25.6. The van der Waals surface area contributed by atoms with Gasteiger partial charge in [-0.3, -0.25) is 4.79 Å². The van der Waals surface area contributed by atoms with Crippen LogP contribution in [-0.2, 0) is 18.7 Å². The molecule has 1 spiro atoms. The van der Waals surface area contributed by atoms with Gasteiger partial charge < -0.3 is 38.3 Å². The number of esters is 1. The van der Waals surface area contributed by atoms with E-state index in [0.29, 0.717) is 47.6 Å². The van der Waals surface area contributed by atoms with Gasteiger partial charge in [0.05, 0.1) is 41.7 Å². The third-order valence-electron chi connectivity index (χ3n) is 10.9. The Morgan fingerprint density at radius 2 is 1.73 bits per heavy atom. The highest BCUT2D eigenvalue weighted by Crippen LogP contribution is 2.45. The Morgan fingerprint density at radius 1 is 1.05 bits per heavy atom. The summed E-state index contributed by atoms with van der Waals surface area (Å²) in [6, 6.07) is 5.49. The fourth-order valence-electron chi connectivity index (χ4n) is 6.92. The molecule has 2 aliphatic rings. The van der Waals surface area contributed by atoms with Crippen molar-refractivity contribution in [1.29, 1.82) is 0 Å². The van der Waals surface area contributed by atoms with Crippen molar-refractivity contribution in [2.75, 3.05) is 57.9 Å². The van der Waals surface area contributed by atoms with Crippen molar-refractivity contribution in [3.63, 3.8) is 0 Å². The zero-order valence-corrected chi connectivity index (χ0v) is 36.4. The van der Waals surface area contributed by atoms with E-state index >= 15 is 0 Å². The number of nitrogens with one attached hydrogen (secondary N) is 1. The lowest BCUT2D eigenvalue weighted by Crippen LogP contribution is -2.61. The van der Waals surface area contributed by atoms with E-state index in [1.807, 2.05) is 53.7 Å². The van der Waals surface area contributed by atoms with Crippen molar-refractivity contribution in [1.82, 2.24) is 25.3 Å². The van der Waals surface area contributed by atoms with E-state index in [0.717, 1.165) is 54.3 Å². The predicted molar refractivity (Wildman–Crippen MR) is 216 cm³/mol. The number of amides is 1. The van der Waals surface area contributed by atoms with Crippen LogP contribution >= 0.6 is 11.6 Å². The number of likely N-dealkylation sites (tertiary alicyclic amines) is 1. The van der Waals surface area contributed by atoms with E-state index in [1.165, 1.54) is 7.11 Å². The summed E-state index contributed by atoms with van der Waals surface area (Å²) in [5.74, 6) is 2.21. The van der Waals surface area contributed by atoms with Crippen LogP contribution in [0.2, 0.25) is 23.2 Å². The number of carbonyl (C=O) groups is 2. The van der Waals surface area contributed by atoms with Gasteiger partial charge in [-0.25, -0.2) is 14.8 Å². The average molecular weight is 799 g/mol. The molecule has 15 heteroatoms. The van der Waals surface area contributed by atoms with Crippen molar-refractivity contribution in [3.8, 4) is 28.4 Å². The molecule has 1 amide bonds. The number of aromatic nitrogens is 3. The topological polar surface area (TPSA) is 141 Å². The standard InChI is InChI=1S/C40H59ClN6O7Si/c1-25-34(33-26(2)45-53-27(33)3)43-35(44-36(25)47-23-40(24-47)15-17-46(18-16-40)37(49)50-10)30-19-28(13-14-31(30)41)51-22-29(54-55(11,12)39(7,8)9)20-42-21-32(48)52-38(4,5)6/h13-14,19,29,42H,15-18,20-24H2,1-12H3/t29-/m1/s1. The average Bonchev–Trinajstić information content (AvgIpc) is 3.42. The van der Waals surface area contributed by atoms with Gasteiger partial charge in [-0.15, -0.1) is 0 Å². The Labute approximate surface area is 331 Å². The number of aryl methyl sites for hydroxylation is 2. The van der Waals surface area contributed by atoms with Gasteiger partial charge >= 0.3 is 12.1 Å². The Kier molecular flexibility index (Phi) is 12.6. The van der Waals surface area contributed by atoms with E-state index < -0.39 is 13.9 Å². The number of rotatable bonds is 12. The minimum Gasteiger partial charge on any atom is -0.491 e. The Hall–Kier alpha value is -3.72. The number of carbonyl (C=O) groups excluding carboxylic acids is 2. The Bertz CT molecular complexity index is 1840. The van der Waals surface area contributed by atoms with Crippen LogP contribution in [0.3, 0.4) is 0 Å². The molecule has 2 saturated heterocycles. The van der Waals surface area contributed by atoms with Gasteiger partial charge in [-0.2, -0.15) is 0 Å². The highest BCUT2D eigenvalue weighted by Gasteiger charge is 2.47. The van der Waals surface area contributed by atoms with E-state index in [4.69, 9.17) is 44.7 Å². The van der Waals surface area contributed by atoms with Gasteiger partial charge in [0.1, 0.15) is 29.5 Å². The lowest BCUT2D eigenvalue weighted by molar-refractivity contribution is -0.153. The van der Waals surface area contributed by atoms with Crippen LogP contribution in [0.15, 0.2) is 22.7 Å². The fourth-order valence-corrected chi connectivity index (χ4v) is 8.46. The van der Waals surface area contributed by atoms with Crippen molar-refractivity contribution in [2.45, 2.75) is 105 Å². The normalized spacial score (nSPS) is 16.5. The molecule has 0 bridgehead atoms. The first kappa shape index (κ1) is 42.4. The molecule has 4 heterocycles. The van der Waals surface area contributed by atoms with Crippen molar-refractivity contribution in [3.05, 3.63) is 40.2 Å². The summed E-state index contributed by atoms with van der Waals surface area (Å²) in [5, 5.41) is 7.90. The maximum absolute atomic E-state index is 12.4. The number of halogens is 1. The minimum atomic E-state index is -2.20. The van der Waals surface area contributed by atoms with Crippen molar-refractivity contribution in [2.24, 2.45) is 5.41 Å². The first-order valence-corrected chi connectivity index (χ1v) is 22.3. The molecule has 0 aliphatic carbocycles. The Balaban J connectivity index is 1.41. The highest BCUT2D eigenvalue weighted by atomic mass is 35.5. The second-order valence-electron chi connectivity index (χ2n) is 17.5. The van der Waals surface area contributed by atoms with Crippen molar-refractivity contribution < 1.29 is 32.7 Å². The fraction of sp³-hybridized carbons (Fsp3) is 0.625. The van der Waals surface area contributed by atoms with Crippen LogP contribution in [0, 0.1) is 26.2 Å². The minimum absolute atomic E-state index is 0.0280. The van der Waals surface area contributed by atoms with Gasteiger partial charge in [0, 0.05) is 49.3 Å². The van der Waals surface area contributed by atoms with Crippen LogP contribution < -0.4 is 15.0 Å². The molecule has 2 aliphatic heterocycles. The third kappa shape index (κ3) is 9.99. The molecule has 55 heavy (non-hydrogen) atoms. The second-order valence-corrected chi connectivity index (χ2v) is 22.7. The number of nitrogens with zero attached hydrogens (tertiary/aromatic N) is 5. The monoisotopic (exact) mass is 798 g/mol. The first-order valence-electron chi connectivity index (χ1n) is 19.0. The maximum atomic E-state index is 12.4. The zero-order chi connectivity index (χ0) is 40.5. The number of hydrogen-bond donors (Lipinski definition) is 1. The Morgan fingerprint density at radius 3 is 2.31 bits per heavy atom. The molecule has 3 aromatic rings. The van der Waals surface area contributed by atoms with Gasteiger partial charge in [0.15, 0.2) is 14.1 Å². The molecular weight excluding hydrogens is 740 g/mol. The lowest BCUT2D eigenvalue weighted by Gasteiger charge is -2.54. The molecule has 0 saturated carbocycles. The lowest BCUT2D eigenvalue weighted by atomic mass is 9.72. The summed E-state index contributed by atoms with van der Waals surface area (Å²) < 4.78 is 29.2. The number of piperidine rings is 1. The van der Waals surface area contributed by atoms with Crippen molar-refractivity contribution >= 4 is 37.8 Å². The summed E-state index contributed by atoms with van der Waals surface area (Å²) in [6.07, 6.45) is 1.18. The molecule has 2 aromatic heterocycles. The second kappa shape index (κ2) is 16.4. The van der Waals surface area contributed by atoms with Gasteiger partial charge in [0.2, 0.25) is 0 Å². The quantitative estimate of drug-likeness (QED) is 0.142. The van der Waals surface area contributed by atoms with E-state index in [1.54, 1.807) is 11.0 Å². The van der Waals surface area contributed by atoms with Crippen LogP contribution in [0.4, 0.5) is 10.6 Å². The summed E-state index contributed by atoms with van der Waals surface area (Å²) in [4.78, 5) is 38.9. The number of benzene rings is 1. The zero-order valence-electron chi connectivity index (χ0n) is 34.6. The van der Waals surface area contributed by atoms with Crippen LogP contribution in [0.25, 0.3) is 22.6 Å². The molecule has 5 rings (SSSR count). The van der Waals surface area contributed by atoms with Gasteiger partial charge in [-0.05, 0) is 90.7 Å². The van der Waals surface area contributed by atoms with Crippen LogP contribution in [0.1, 0.15) is 71.4 Å². The predicted octanol–water partition coefficient (Wildman–Crippen LogP) is 7.75. The molecule has 1 aromatic carbocycles. The smallest absolute Gasteiger partial charge is 0.409 e. The number of ether oxygens (including phenoxy) is 3. The largest absolute Gasteiger partial charge is 0.491 e. The third-order valence-corrected chi connectivity index (χ3v) is 15.8. The van der Waals surface area contributed by atoms with E-state index in [2.05, 4.69) is 49.2 Å². The molecule has 2 fully saturated rings. The summed E-state index contributed by atoms with van der Waals surface area (Å²) >= 11 is 6.91. The molecule has 1 N–H and O–H groups in total. The number of hydrogen-bond acceptors (Lipinski definition) is 12. The van der Waals surface area contributed by atoms with Crippen LogP contribution in [0.5, 0.6) is 5.75 Å². The highest BCUT2D eigenvalue weighted by molar-refractivity contribution is 6.74. The van der Waals surface area contributed by atoms with Crippen LogP contribution in [-0.4, -0.2) is 105 Å². The molecule has 1 atom stereocenters. The number of anilines is 1. The van der Waals surface area contributed by atoms with Gasteiger partial charge in [-0.1, -0.05) is 37.5 Å². The molecule has 0 radical (unpaired) electrons. The number of methoxy groups -OCH3 is 1. The molecule has 0 unspecified atom stereocenters. The molecule has 302 valence electrons. The van der Waals surface area contributed by atoms with E-state index in [9.17, 15) is 9.59 Å². The summed E-state index contributed by atoms with van der Waals surface area (Å²) in [7, 11) is -0.775. The summed E-state index contributed by atoms with van der Waals surface area (Å²) in [6.45, 7) is 26.0. The molecular formula is C40H59ClN6O7Si.